The zero-order chi connectivity index (χ0) is 15.0. The zero-order valence-corrected chi connectivity index (χ0v) is 14.4. The fourth-order valence-corrected chi connectivity index (χ4v) is 2.59. The second-order valence-corrected chi connectivity index (χ2v) is 8.49. The van der Waals surface area contributed by atoms with Crippen molar-refractivity contribution in [2.45, 2.75) is 80.1 Å². The fourth-order valence-electron chi connectivity index (χ4n) is 2.59. The predicted octanol–water partition coefficient (Wildman–Crippen LogP) is 6.00. The molecule has 0 nitrogen and oxygen atoms in total. The maximum absolute atomic E-state index is 2.44. The highest BCUT2D eigenvalue weighted by Crippen LogP contribution is 2.33. The van der Waals surface area contributed by atoms with Crippen LogP contribution in [0.5, 0.6) is 0 Å². The van der Waals surface area contributed by atoms with E-state index in [1.807, 2.05) is 0 Å². The molecule has 19 heavy (non-hydrogen) atoms. The van der Waals surface area contributed by atoms with Crippen molar-refractivity contribution < 1.29 is 0 Å². The minimum Gasteiger partial charge on any atom is -0.0599 e. The predicted molar refractivity (Wildman–Crippen MR) is 87.1 cm³/mol. The van der Waals surface area contributed by atoms with Crippen LogP contribution in [0.25, 0.3) is 0 Å². The van der Waals surface area contributed by atoms with Gasteiger partial charge in [0.25, 0.3) is 0 Å². The third kappa shape index (κ3) is 4.37. The Morgan fingerprint density at radius 2 is 1.47 bits per heavy atom. The number of rotatable bonds is 2. The van der Waals surface area contributed by atoms with Crippen molar-refractivity contribution in [3.05, 3.63) is 34.4 Å². The molecule has 0 atom stereocenters. The van der Waals surface area contributed by atoms with Gasteiger partial charge in [-0.15, -0.1) is 0 Å². The summed E-state index contributed by atoms with van der Waals surface area (Å²) in [7, 11) is 0. The van der Waals surface area contributed by atoms with Crippen LogP contribution in [-0.2, 0) is 11.8 Å². The monoisotopic (exact) mass is 260 g/mol. The largest absolute Gasteiger partial charge is 0.0599 e. The van der Waals surface area contributed by atoms with Gasteiger partial charge in [0.2, 0.25) is 0 Å². The lowest BCUT2D eigenvalue weighted by Gasteiger charge is -2.27. The molecule has 0 aliphatic carbocycles. The van der Waals surface area contributed by atoms with Gasteiger partial charge < -0.3 is 0 Å². The van der Waals surface area contributed by atoms with Crippen LogP contribution in [0.1, 0.15) is 83.6 Å². The van der Waals surface area contributed by atoms with Crippen LogP contribution < -0.4 is 0 Å². The van der Waals surface area contributed by atoms with E-state index in [1.54, 1.807) is 0 Å². The summed E-state index contributed by atoms with van der Waals surface area (Å²) in [5.74, 6) is 0.598. The maximum Gasteiger partial charge on any atom is -0.0132 e. The quantitative estimate of drug-likeness (QED) is 0.611. The summed E-state index contributed by atoms with van der Waals surface area (Å²) in [6, 6.07) is 4.86. The van der Waals surface area contributed by atoms with Gasteiger partial charge in [-0.2, -0.15) is 0 Å². The lowest BCUT2D eigenvalue weighted by Crippen LogP contribution is -2.16. The Kier molecular flexibility index (Phi) is 4.55. The van der Waals surface area contributed by atoms with E-state index in [0.717, 1.165) is 6.42 Å². The molecule has 0 heteroatoms. The number of benzene rings is 1. The first-order chi connectivity index (χ1) is 8.42. The first-order valence-electron chi connectivity index (χ1n) is 7.56. The van der Waals surface area contributed by atoms with Gasteiger partial charge in [-0.25, -0.2) is 0 Å². The second kappa shape index (κ2) is 5.31. The van der Waals surface area contributed by atoms with Gasteiger partial charge in [-0.3, -0.25) is 0 Å². The van der Waals surface area contributed by atoms with E-state index in [2.05, 4.69) is 74.4 Å². The summed E-state index contributed by atoms with van der Waals surface area (Å²) in [4.78, 5) is 0. The Bertz CT molecular complexity index is 436. The Labute approximate surface area is 120 Å². The molecule has 0 radical (unpaired) electrons. The smallest absolute Gasteiger partial charge is 0.0132 e. The third-order valence-electron chi connectivity index (χ3n) is 3.76. The van der Waals surface area contributed by atoms with Crippen LogP contribution in [0.3, 0.4) is 0 Å². The van der Waals surface area contributed by atoms with Gasteiger partial charge in [-0.05, 0) is 52.3 Å². The van der Waals surface area contributed by atoms with Gasteiger partial charge >= 0.3 is 0 Å². The van der Waals surface area contributed by atoms with Gasteiger partial charge in [0.1, 0.15) is 0 Å². The standard InChI is InChI=1S/C19H32/c1-13(2)17-11-16(19(7,8)9)10-15(14(17)3)12-18(4,5)6/h10-11,13H,12H2,1-9H3. The Morgan fingerprint density at radius 1 is 0.947 bits per heavy atom. The van der Waals surface area contributed by atoms with Crippen molar-refractivity contribution in [3.8, 4) is 0 Å². The minimum absolute atomic E-state index is 0.226. The Morgan fingerprint density at radius 3 is 1.84 bits per heavy atom. The van der Waals surface area contributed by atoms with Gasteiger partial charge in [0.15, 0.2) is 0 Å². The van der Waals surface area contributed by atoms with Crippen molar-refractivity contribution in [1.29, 1.82) is 0 Å². The molecule has 0 N–H and O–H groups in total. The van der Waals surface area contributed by atoms with E-state index in [9.17, 15) is 0 Å². The van der Waals surface area contributed by atoms with Crippen molar-refractivity contribution in [2.75, 3.05) is 0 Å². The molecule has 1 rings (SSSR count). The van der Waals surface area contributed by atoms with Crippen LogP contribution in [0.2, 0.25) is 0 Å². The zero-order valence-electron chi connectivity index (χ0n) is 14.4. The van der Waals surface area contributed by atoms with Crippen LogP contribution in [-0.4, -0.2) is 0 Å². The van der Waals surface area contributed by atoms with Crippen LogP contribution in [0, 0.1) is 12.3 Å². The Balaban J connectivity index is 3.41. The van der Waals surface area contributed by atoms with E-state index in [4.69, 9.17) is 0 Å². The summed E-state index contributed by atoms with van der Waals surface area (Å²) in [5, 5.41) is 0. The number of hydrogen-bond donors (Lipinski definition) is 0. The normalized spacial score (nSPS) is 13.2. The summed E-state index contributed by atoms with van der Waals surface area (Å²) in [6.07, 6.45) is 1.16. The third-order valence-corrected chi connectivity index (χ3v) is 3.76. The van der Waals surface area contributed by atoms with Crippen molar-refractivity contribution in [1.82, 2.24) is 0 Å². The molecule has 0 aliphatic heterocycles. The molecular formula is C19H32. The maximum atomic E-state index is 2.44. The molecule has 0 bridgehead atoms. The second-order valence-electron chi connectivity index (χ2n) is 8.49. The molecule has 0 unspecified atom stereocenters. The molecule has 0 aliphatic rings. The molecular weight excluding hydrogens is 228 g/mol. The first-order valence-corrected chi connectivity index (χ1v) is 7.56. The van der Waals surface area contributed by atoms with Gasteiger partial charge in [0.05, 0.1) is 0 Å². The molecule has 0 fully saturated rings. The molecule has 108 valence electrons. The van der Waals surface area contributed by atoms with Crippen molar-refractivity contribution >= 4 is 0 Å². The SMILES string of the molecule is Cc1c(CC(C)(C)C)cc(C(C)(C)C)cc1C(C)C. The molecule has 0 heterocycles. The van der Waals surface area contributed by atoms with Crippen molar-refractivity contribution in [3.63, 3.8) is 0 Å². The van der Waals surface area contributed by atoms with E-state index >= 15 is 0 Å². The average molecular weight is 260 g/mol. The Hall–Kier alpha value is -0.780. The summed E-state index contributed by atoms with van der Waals surface area (Å²) < 4.78 is 0. The fraction of sp³-hybridized carbons (Fsp3) is 0.684. The molecule has 1 aromatic rings. The minimum atomic E-state index is 0.226. The van der Waals surface area contributed by atoms with E-state index in [-0.39, 0.29) is 5.41 Å². The van der Waals surface area contributed by atoms with E-state index in [0.29, 0.717) is 11.3 Å². The average Bonchev–Trinajstić information content (AvgIpc) is 2.16. The lowest BCUT2D eigenvalue weighted by molar-refractivity contribution is 0.409. The van der Waals surface area contributed by atoms with Crippen molar-refractivity contribution in [2.24, 2.45) is 5.41 Å². The highest BCUT2D eigenvalue weighted by atomic mass is 14.3. The first kappa shape index (κ1) is 16.3. The lowest BCUT2D eigenvalue weighted by atomic mass is 9.78. The van der Waals surface area contributed by atoms with Crippen LogP contribution in [0.15, 0.2) is 12.1 Å². The number of hydrogen-bond acceptors (Lipinski definition) is 0. The van der Waals surface area contributed by atoms with Gasteiger partial charge in [0, 0.05) is 0 Å². The molecule has 0 saturated carbocycles. The molecule has 0 aromatic heterocycles. The molecule has 0 spiro atoms. The topological polar surface area (TPSA) is 0 Å². The summed E-state index contributed by atoms with van der Waals surface area (Å²) in [5.41, 5.74) is 6.59. The van der Waals surface area contributed by atoms with Gasteiger partial charge in [-0.1, -0.05) is 67.5 Å². The molecule has 0 amide bonds. The summed E-state index contributed by atoms with van der Waals surface area (Å²) >= 11 is 0. The van der Waals surface area contributed by atoms with E-state index in [1.165, 1.54) is 22.3 Å². The summed E-state index contributed by atoms with van der Waals surface area (Å²) in [6.45, 7) is 20.8. The van der Waals surface area contributed by atoms with E-state index < -0.39 is 0 Å². The van der Waals surface area contributed by atoms with Crippen LogP contribution in [0.4, 0.5) is 0 Å². The molecule has 0 saturated heterocycles. The highest BCUT2D eigenvalue weighted by Gasteiger charge is 2.21. The highest BCUT2D eigenvalue weighted by molar-refractivity contribution is 5.42. The molecule has 1 aromatic carbocycles. The van der Waals surface area contributed by atoms with Crippen LogP contribution >= 0.6 is 0 Å².